The van der Waals surface area contributed by atoms with Crippen LogP contribution in [0.15, 0.2) is 36.4 Å². The molecule has 0 unspecified atom stereocenters. The maximum Gasteiger partial charge on any atom is 0.416 e. The molecule has 0 fully saturated rings. The highest BCUT2D eigenvalue weighted by molar-refractivity contribution is 7.80. The van der Waals surface area contributed by atoms with Crippen LogP contribution < -0.4 is 10.6 Å². The van der Waals surface area contributed by atoms with Gasteiger partial charge < -0.3 is 10.6 Å². The molecule has 0 saturated heterocycles. The van der Waals surface area contributed by atoms with Gasteiger partial charge in [0.2, 0.25) is 0 Å². The minimum Gasteiger partial charge on any atom is -0.331 e. The fourth-order valence-electron chi connectivity index (χ4n) is 1.67. The van der Waals surface area contributed by atoms with Crippen molar-refractivity contribution >= 4 is 63.5 Å². The summed E-state index contributed by atoms with van der Waals surface area (Å²) in [6.07, 6.45) is -4.48. The van der Waals surface area contributed by atoms with E-state index in [0.29, 0.717) is 15.7 Å². The molecule has 2 aromatic rings. The number of alkyl halides is 3. The highest BCUT2D eigenvalue weighted by atomic mass is 35.5. The van der Waals surface area contributed by atoms with E-state index in [1.165, 1.54) is 6.07 Å². The van der Waals surface area contributed by atoms with Gasteiger partial charge in [-0.1, -0.05) is 34.8 Å². The molecule has 0 atom stereocenters. The van der Waals surface area contributed by atoms with Gasteiger partial charge in [0.05, 0.1) is 27.0 Å². The molecule has 0 saturated carbocycles. The lowest BCUT2D eigenvalue weighted by Crippen LogP contribution is -2.20. The van der Waals surface area contributed by atoms with E-state index in [-0.39, 0.29) is 15.8 Å². The fourth-order valence-corrected chi connectivity index (χ4v) is 2.39. The van der Waals surface area contributed by atoms with Crippen molar-refractivity contribution in [1.29, 1.82) is 0 Å². The number of benzene rings is 2. The lowest BCUT2D eigenvalue weighted by atomic mass is 10.2. The third kappa shape index (κ3) is 4.88. The zero-order valence-electron chi connectivity index (χ0n) is 11.1. The van der Waals surface area contributed by atoms with Crippen molar-refractivity contribution in [2.45, 2.75) is 6.18 Å². The molecule has 0 bridgehead atoms. The van der Waals surface area contributed by atoms with Gasteiger partial charge in [-0.3, -0.25) is 0 Å². The van der Waals surface area contributed by atoms with Crippen LogP contribution in [0.3, 0.4) is 0 Å². The first kappa shape index (κ1) is 18.1. The highest BCUT2D eigenvalue weighted by Gasteiger charge is 2.31. The van der Waals surface area contributed by atoms with E-state index < -0.39 is 11.7 Å². The first-order valence-electron chi connectivity index (χ1n) is 6.06. The van der Waals surface area contributed by atoms with Gasteiger partial charge in [-0.2, -0.15) is 13.2 Å². The monoisotopic (exact) mass is 398 g/mol. The number of hydrogen-bond donors (Lipinski definition) is 2. The van der Waals surface area contributed by atoms with Crippen LogP contribution in [-0.2, 0) is 6.18 Å². The van der Waals surface area contributed by atoms with Gasteiger partial charge in [0.25, 0.3) is 0 Å². The standard InChI is InChI=1S/C14H8Cl3F3N2S/c15-8-2-4-10(17)12(6-8)22-13(23)21-11-5-7(14(18,19)20)1-3-9(11)16/h1-6H,(H2,21,22,23). The largest absolute Gasteiger partial charge is 0.416 e. The summed E-state index contributed by atoms with van der Waals surface area (Å²) in [5.74, 6) is 0. The summed E-state index contributed by atoms with van der Waals surface area (Å²) < 4.78 is 38.2. The van der Waals surface area contributed by atoms with Gasteiger partial charge in [0, 0.05) is 5.02 Å². The van der Waals surface area contributed by atoms with E-state index in [1.807, 2.05) is 0 Å². The number of halogens is 6. The molecule has 9 heteroatoms. The molecule has 2 N–H and O–H groups in total. The van der Waals surface area contributed by atoms with Crippen LogP contribution in [0.4, 0.5) is 24.5 Å². The number of hydrogen-bond acceptors (Lipinski definition) is 1. The number of nitrogens with one attached hydrogen (secondary N) is 2. The topological polar surface area (TPSA) is 24.1 Å². The second kappa shape index (κ2) is 7.13. The number of thiocarbonyl (C=S) groups is 1. The molecule has 2 nitrogen and oxygen atoms in total. The predicted molar refractivity (Wildman–Crippen MR) is 92.8 cm³/mol. The van der Waals surface area contributed by atoms with Crippen LogP contribution in [0.1, 0.15) is 5.56 Å². The van der Waals surface area contributed by atoms with Gasteiger partial charge in [-0.15, -0.1) is 0 Å². The van der Waals surface area contributed by atoms with Gasteiger partial charge in [0.1, 0.15) is 0 Å². The molecule has 0 aromatic heterocycles. The minimum atomic E-state index is -4.48. The molecule has 0 aliphatic heterocycles. The zero-order chi connectivity index (χ0) is 17.2. The SMILES string of the molecule is FC(F)(F)c1ccc(Cl)c(NC(=S)Nc2cc(Cl)ccc2Cl)c1. The van der Waals surface area contributed by atoms with E-state index in [2.05, 4.69) is 10.6 Å². The summed E-state index contributed by atoms with van der Waals surface area (Å²) in [5.41, 5.74) is -0.398. The fraction of sp³-hybridized carbons (Fsp3) is 0.0714. The number of anilines is 2. The van der Waals surface area contributed by atoms with Crippen LogP contribution in [0.2, 0.25) is 15.1 Å². The molecule has 122 valence electrons. The Balaban J connectivity index is 2.18. The molecule has 0 aliphatic carbocycles. The quantitative estimate of drug-likeness (QED) is 0.566. The molecule has 2 rings (SSSR count). The lowest BCUT2D eigenvalue weighted by molar-refractivity contribution is -0.137. The maximum absolute atomic E-state index is 12.7. The van der Waals surface area contributed by atoms with Gasteiger partial charge in [0.15, 0.2) is 5.11 Å². The maximum atomic E-state index is 12.7. The smallest absolute Gasteiger partial charge is 0.331 e. The number of rotatable bonds is 2. The Morgan fingerprint density at radius 2 is 1.39 bits per heavy atom. The summed E-state index contributed by atoms with van der Waals surface area (Å²) in [5, 5.41) is 6.26. The zero-order valence-corrected chi connectivity index (χ0v) is 14.2. The molecule has 2 aromatic carbocycles. The van der Waals surface area contributed by atoms with Crippen LogP contribution in [-0.4, -0.2) is 5.11 Å². The molecule has 0 aliphatic rings. The van der Waals surface area contributed by atoms with E-state index in [9.17, 15) is 13.2 Å². The Bertz CT molecular complexity index is 751. The minimum absolute atomic E-state index is 0.0235. The molecule has 0 radical (unpaired) electrons. The van der Waals surface area contributed by atoms with Crippen molar-refractivity contribution in [2.75, 3.05) is 10.6 Å². The Morgan fingerprint density at radius 3 is 1.96 bits per heavy atom. The first-order valence-corrected chi connectivity index (χ1v) is 7.61. The van der Waals surface area contributed by atoms with Crippen molar-refractivity contribution in [2.24, 2.45) is 0 Å². The van der Waals surface area contributed by atoms with E-state index in [4.69, 9.17) is 47.0 Å². The molecule has 23 heavy (non-hydrogen) atoms. The molecular formula is C14H8Cl3F3N2S. The lowest BCUT2D eigenvalue weighted by Gasteiger charge is -2.15. The highest BCUT2D eigenvalue weighted by Crippen LogP contribution is 2.34. The predicted octanol–water partition coefficient (Wildman–Crippen LogP) is 6.47. The Morgan fingerprint density at radius 1 is 0.870 bits per heavy atom. The normalized spacial score (nSPS) is 11.2. The van der Waals surface area contributed by atoms with Crippen LogP contribution >= 0.6 is 47.0 Å². The summed E-state index contributed by atoms with van der Waals surface area (Å²) >= 11 is 22.8. The first-order chi connectivity index (χ1) is 10.7. The molecule has 0 heterocycles. The molecule has 0 amide bonds. The Hall–Kier alpha value is -1.21. The van der Waals surface area contributed by atoms with Crippen molar-refractivity contribution in [3.8, 4) is 0 Å². The van der Waals surface area contributed by atoms with E-state index in [1.54, 1.807) is 12.1 Å². The Labute approximate surface area is 150 Å². The second-order valence-corrected chi connectivity index (χ2v) is 6.05. The Kier molecular flexibility index (Phi) is 5.62. The third-order valence-corrected chi connectivity index (χ3v) is 3.82. The molecular weight excluding hydrogens is 392 g/mol. The van der Waals surface area contributed by atoms with Crippen molar-refractivity contribution in [1.82, 2.24) is 0 Å². The van der Waals surface area contributed by atoms with Gasteiger partial charge in [-0.05, 0) is 48.6 Å². The third-order valence-electron chi connectivity index (χ3n) is 2.72. The average molecular weight is 400 g/mol. The van der Waals surface area contributed by atoms with Crippen molar-refractivity contribution in [3.63, 3.8) is 0 Å². The molecule has 0 spiro atoms. The van der Waals surface area contributed by atoms with E-state index >= 15 is 0 Å². The van der Waals surface area contributed by atoms with Crippen LogP contribution in [0, 0.1) is 0 Å². The summed E-state index contributed by atoms with van der Waals surface area (Å²) in [4.78, 5) is 0. The van der Waals surface area contributed by atoms with Crippen molar-refractivity contribution < 1.29 is 13.2 Å². The average Bonchev–Trinajstić information content (AvgIpc) is 2.44. The van der Waals surface area contributed by atoms with Gasteiger partial charge in [-0.25, -0.2) is 0 Å². The second-order valence-electron chi connectivity index (χ2n) is 4.40. The van der Waals surface area contributed by atoms with Crippen LogP contribution in [0.5, 0.6) is 0 Å². The summed E-state index contributed by atoms with van der Waals surface area (Å²) in [6, 6.07) is 7.59. The summed E-state index contributed by atoms with van der Waals surface area (Å²) in [7, 11) is 0. The van der Waals surface area contributed by atoms with Crippen LogP contribution in [0.25, 0.3) is 0 Å². The van der Waals surface area contributed by atoms with Gasteiger partial charge >= 0.3 is 6.18 Å². The summed E-state index contributed by atoms with van der Waals surface area (Å²) in [6.45, 7) is 0. The van der Waals surface area contributed by atoms with Crippen molar-refractivity contribution in [3.05, 3.63) is 57.0 Å². The van der Waals surface area contributed by atoms with E-state index in [0.717, 1.165) is 18.2 Å².